The molecule has 0 aliphatic carbocycles. The first-order valence-corrected chi connectivity index (χ1v) is 9.68. The van der Waals surface area contributed by atoms with E-state index in [9.17, 15) is 4.79 Å². The van der Waals surface area contributed by atoms with Crippen molar-refractivity contribution in [2.45, 2.75) is 17.3 Å². The van der Waals surface area contributed by atoms with E-state index in [2.05, 4.69) is 20.5 Å². The van der Waals surface area contributed by atoms with Gasteiger partial charge in [-0.15, -0.1) is 21.5 Å². The van der Waals surface area contributed by atoms with Crippen molar-refractivity contribution in [2.24, 2.45) is 7.05 Å². The van der Waals surface area contributed by atoms with Gasteiger partial charge in [-0.05, 0) is 19.1 Å². The predicted molar refractivity (Wildman–Crippen MR) is 103 cm³/mol. The predicted octanol–water partition coefficient (Wildman–Crippen LogP) is 4.36. The molecule has 1 aromatic carbocycles. The molecular weight excluding hydrogens is 401 g/mol. The van der Waals surface area contributed by atoms with E-state index in [0.717, 1.165) is 11.3 Å². The Morgan fingerprint density at radius 3 is 2.84 bits per heavy atom. The molecule has 25 heavy (non-hydrogen) atoms. The molecular formula is C15H13Cl2N5OS2. The lowest BCUT2D eigenvalue weighted by Crippen LogP contribution is -2.22. The number of benzene rings is 1. The quantitative estimate of drug-likeness (QED) is 0.628. The lowest BCUT2D eigenvalue weighted by Gasteiger charge is -2.09. The summed E-state index contributed by atoms with van der Waals surface area (Å²) in [6, 6.07) is 5.30. The molecule has 0 aliphatic heterocycles. The molecule has 0 saturated heterocycles. The molecule has 3 rings (SSSR count). The van der Waals surface area contributed by atoms with Gasteiger partial charge >= 0.3 is 0 Å². The highest BCUT2D eigenvalue weighted by atomic mass is 35.5. The minimum absolute atomic E-state index is 0.150. The number of anilines is 1. The average molecular weight is 414 g/mol. The van der Waals surface area contributed by atoms with Crippen molar-refractivity contribution < 1.29 is 4.79 Å². The summed E-state index contributed by atoms with van der Waals surface area (Å²) >= 11 is 14.6. The van der Waals surface area contributed by atoms with E-state index in [0.29, 0.717) is 20.3 Å². The van der Waals surface area contributed by atoms with Gasteiger partial charge in [0.25, 0.3) is 0 Å². The lowest BCUT2D eigenvalue weighted by atomic mass is 10.2. The van der Waals surface area contributed by atoms with Crippen LogP contribution in [-0.4, -0.2) is 30.9 Å². The summed E-state index contributed by atoms with van der Waals surface area (Å²) in [4.78, 5) is 16.8. The number of halogens is 2. The van der Waals surface area contributed by atoms with E-state index in [1.54, 1.807) is 23.0 Å². The van der Waals surface area contributed by atoms with Crippen LogP contribution < -0.4 is 5.32 Å². The number of aromatic nitrogens is 4. The van der Waals surface area contributed by atoms with Crippen molar-refractivity contribution in [1.29, 1.82) is 0 Å². The Bertz CT molecular complexity index is 911. The summed E-state index contributed by atoms with van der Waals surface area (Å²) in [5, 5.41) is 14.3. The molecule has 0 fully saturated rings. The first-order chi connectivity index (χ1) is 11.9. The Hall–Kier alpha value is -1.61. The molecule has 6 nitrogen and oxygen atoms in total. The number of rotatable bonds is 5. The monoisotopic (exact) mass is 413 g/mol. The SMILES string of the molecule is CC(Sc1nncn1C)C(=O)Nc1nc(-c2ccc(Cl)c(Cl)c2)cs1. The van der Waals surface area contributed by atoms with Gasteiger partial charge in [-0.1, -0.05) is 41.0 Å². The zero-order valence-electron chi connectivity index (χ0n) is 13.2. The van der Waals surface area contributed by atoms with Crippen LogP contribution in [0.4, 0.5) is 5.13 Å². The van der Waals surface area contributed by atoms with Crippen LogP contribution >= 0.6 is 46.3 Å². The Balaban J connectivity index is 1.67. The number of hydrogen-bond donors (Lipinski definition) is 1. The van der Waals surface area contributed by atoms with Crippen LogP contribution in [0.2, 0.25) is 10.0 Å². The summed E-state index contributed by atoms with van der Waals surface area (Å²) < 4.78 is 1.76. The molecule has 3 aromatic rings. The van der Waals surface area contributed by atoms with Crippen LogP contribution in [0.1, 0.15) is 6.92 Å². The molecule has 0 spiro atoms. The number of carbonyl (C=O) groups excluding carboxylic acids is 1. The molecule has 2 aromatic heterocycles. The summed E-state index contributed by atoms with van der Waals surface area (Å²) in [5.74, 6) is -0.150. The Morgan fingerprint density at radius 2 is 2.16 bits per heavy atom. The number of thioether (sulfide) groups is 1. The van der Waals surface area contributed by atoms with Crippen LogP contribution in [0.3, 0.4) is 0 Å². The highest BCUT2D eigenvalue weighted by Crippen LogP contribution is 2.31. The summed E-state index contributed by atoms with van der Waals surface area (Å²) in [5.41, 5.74) is 1.57. The number of aryl methyl sites for hydroxylation is 1. The largest absolute Gasteiger partial charge is 0.312 e. The second-order valence-corrected chi connectivity index (χ2v) is 8.12. The average Bonchev–Trinajstić information content (AvgIpc) is 3.20. The number of nitrogens with one attached hydrogen (secondary N) is 1. The maximum atomic E-state index is 12.3. The highest BCUT2D eigenvalue weighted by molar-refractivity contribution is 8.00. The minimum Gasteiger partial charge on any atom is -0.312 e. The third-order valence-corrected chi connectivity index (χ3v) is 5.92. The zero-order chi connectivity index (χ0) is 18.0. The number of nitrogens with zero attached hydrogens (tertiary/aromatic N) is 4. The molecule has 1 amide bonds. The number of carbonyl (C=O) groups is 1. The minimum atomic E-state index is -0.333. The van der Waals surface area contributed by atoms with Crippen LogP contribution in [0.15, 0.2) is 35.1 Å². The second kappa shape index (κ2) is 7.74. The van der Waals surface area contributed by atoms with Crippen LogP contribution in [0, 0.1) is 0 Å². The van der Waals surface area contributed by atoms with E-state index in [4.69, 9.17) is 23.2 Å². The Labute approximate surface area is 162 Å². The van der Waals surface area contributed by atoms with Gasteiger partial charge in [-0.25, -0.2) is 4.98 Å². The third kappa shape index (κ3) is 4.33. The van der Waals surface area contributed by atoms with Crippen molar-refractivity contribution in [2.75, 3.05) is 5.32 Å². The first kappa shape index (κ1) is 18.2. The van der Waals surface area contributed by atoms with Crippen molar-refractivity contribution in [3.63, 3.8) is 0 Å². The topological polar surface area (TPSA) is 72.7 Å². The standard InChI is InChI=1S/C15H13Cl2N5OS2/c1-8(25-15-21-18-7-22(15)2)13(23)20-14-19-12(6-24-14)9-3-4-10(16)11(17)5-9/h3-8H,1-2H3,(H,19,20,23). The van der Waals surface area contributed by atoms with E-state index in [1.165, 1.54) is 23.1 Å². The Kier molecular flexibility index (Phi) is 5.63. The van der Waals surface area contributed by atoms with Crippen LogP contribution in [-0.2, 0) is 11.8 Å². The lowest BCUT2D eigenvalue weighted by molar-refractivity contribution is -0.115. The maximum Gasteiger partial charge on any atom is 0.239 e. The summed E-state index contributed by atoms with van der Waals surface area (Å²) in [7, 11) is 1.83. The smallest absolute Gasteiger partial charge is 0.239 e. The van der Waals surface area contributed by atoms with E-state index >= 15 is 0 Å². The van der Waals surface area contributed by atoms with Crippen LogP contribution in [0.5, 0.6) is 0 Å². The molecule has 130 valence electrons. The van der Waals surface area contributed by atoms with Crippen molar-refractivity contribution >= 4 is 57.3 Å². The molecule has 0 radical (unpaired) electrons. The molecule has 2 heterocycles. The summed E-state index contributed by atoms with van der Waals surface area (Å²) in [6.07, 6.45) is 1.59. The van der Waals surface area contributed by atoms with E-state index in [-0.39, 0.29) is 11.2 Å². The van der Waals surface area contributed by atoms with Crippen molar-refractivity contribution in [3.05, 3.63) is 40.0 Å². The van der Waals surface area contributed by atoms with E-state index < -0.39 is 0 Å². The fourth-order valence-corrected chi connectivity index (χ4v) is 3.73. The number of hydrogen-bond acceptors (Lipinski definition) is 6. The first-order valence-electron chi connectivity index (χ1n) is 7.16. The molecule has 1 unspecified atom stereocenters. The Morgan fingerprint density at radius 1 is 1.36 bits per heavy atom. The molecule has 0 saturated carbocycles. The van der Waals surface area contributed by atoms with Crippen molar-refractivity contribution in [3.8, 4) is 11.3 Å². The molecule has 0 bridgehead atoms. The fraction of sp³-hybridized carbons (Fsp3) is 0.200. The molecule has 0 aliphatic rings. The maximum absolute atomic E-state index is 12.3. The van der Waals surface area contributed by atoms with Crippen LogP contribution in [0.25, 0.3) is 11.3 Å². The third-order valence-electron chi connectivity index (χ3n) is 3.27. The van der Waals surface area contributed by atoms with Gasteiger partial charge in [-0.2, -0.15) is 0 Å². The van der Waals surface area contributed by atoms with Gasteiger partial charge in [0.05, 0.1) is 21.0 Å². The van der Waals surface area contributed by atoms with Crippen molar-refractivity contribution in [1.82, 2.24) is 19.7 Å². The fourth-order valence-electron chi connectivity index (χ4n) is 1.92. The zero-order valence-corrected chi connectivity index (χ0v) is 16.4. The number of thiazole rings is 1. The van der Waals surface area contributed by atoms with Gasteiger partial charge in [0.15, 0.2) is 10.3 Å². The summed E-state index contributed by atoms with van der Waals surface area (Å²) in [6.45, 7) is 1.81. The normalized spacial score (nSPS) is 12.2. The van der Waals surface area contributed by atoms with Gasteiger partial charge in [0.2, 0.25) is 5.91 Å². The van der Waals surface area contributed by atoms with E-state index in [1.807, 2.05) is 25.4 Å². The molecule has 10 heteroatoms. The van der Waals surface area contributed by atoms with Gasteiger partial charge in [0, 0.05) is 18.0 Å². The van der Waals surface area contributed by atoms with Gasteiger partial charge in [0.1, 0.15) is 6.33 Å². The van der Waals surface area contributed by atoms with Gasteiger partial charge < -0.3 is 9.88 Å². The molecule has 1 N–H and O–H groups in total. The highest BCUT2D eigenvalue weighted by Gasteiger charge is 2.18. The molecule has 1 atom stereocenters. The second-order valence-electron chi connectivity index (χ2n) is 5.14. The number of amides is 1. The van der Waals surface area contributed by atoms with Gasteiger partial charge in [-0.3, -0.25) is 4.79 Å².